The van der Waals surface area contributed by atoms with E-state index in [0.29, 0.717) is 12.6 Å². The summed E-state index contributed by atoms with van der Waals surface area (Å²) >= 11 is 0. The molecule has 78 valence electrons. The average molecular weight is 195 g/mol. The third kappa shape index (κ3) is 2.55. The van der Waals surface area contributed by atoms with E-state index in [4.69, 9.17) is 0 Å². The zero-order chi connectivity index (χ0) is 10.7. The van der Waals surface area contributed by atoms with E-state index in [1.165, 1.54) is 6.07 Å². The monoisotopic (exact) mass is 195 g/mol. The lowest BCUT2D eigenvalue weighted by atomic mass is 10.1. The molecule has 0 radical (unpaired) electrons. The van der Waals surface area contributed by atoms with E-state index < -0.39 is 0 Å². The van der Waals surface area contributed by atoms with Crippen molar-refractivity contribution in [1.82, 2.24) is 4.90 Å². The molecule has 1 rings (SSSR count). The largest absolute Gasteiger partial charge is 0.300 e. The summed E-state index contributed by atoms with van der Waals surface area (Å²) in [6.07, 6.45) is 0. The van der Waals surface area contributed by atoms with Crippen molar-refractivity contribution in [2.45, 2.75) is 33.4 Å². The molecule has 1 aromatic carbocycles. The molecule has 0 heterocycles. The topological polar surface area (TPSA) is 3.24 Å². The molecule has 0 aliphatic rings. The molecule has 1 aromatic rings. The number of nitrogens with zero attached hydrogens (tertiary/aromatic N) is 1. The van der Waals surface area contributed by atoms with Crippen molar-refractivity contribution < 1.29 is 4.39 Å². The highest BCUT2D eigenvalue weighted by atomic mass is 19.1. The summed E-state index contributed by atoms with van der Waals surface area (Å²) in [4.78, 5) is 2.13. The zero-order valence-corrected chi connectivity index (χ0v) is 9.34. The van der Waals surface area contributed by atoms with Crippen LogP contribution >= 0.6 is 0 Å². The van der Waals surface area contributed by atoms with Gasteiger partial charge in [0.2, 0.25) is 0 Å². The molecule has 0 aromatic heterocycles. The number of hydrogen-bond acceptors (Lipinski definition) is 1. The maximum Gasteiger partial charge on any atom is 0.127 e. The summed E-state index contributed by atoms with van der Waals surface area (Å²) in [6.45, 7) is 6.84. The molecule has 0 spiro atoms. The number of rotatable bonds is 3. The van der Waals surface area contributed by atoms with Gasteiger partial charge < -0.3 is 0 Å². The van der Waals surface area contributed by atoms with Crippen LogP contribution in [0.1, 0.15) is 25.0 Å². The third-order valence-electron chi connectivity index (χ3n) is 2.64. The van der Waals surface area contributed by atoms with Gasteiger partial charge >= 0.3 is 0 Å². The SMILES string of the molecule is Cc1cccc(F)c1CN(C)C(C)C. The van der Waals surface area contributed by atoms with Crippen molar-refractivity contribution in [3.05, 3.63) is 35.1 Å². The second-order valence-electron chi connectivity index (χ2n) is 4.04. The summed E-state index contributed by atoms with van der Waals surface area (Å²) < 4.78 is 13.4. The molecule has 1 nitrogen and oxygen atoms in total. The molecule has 2 heteroatoms. The Morgan fingerprint density at radius 3 is 2.50 bits per heavy atom. The molecule has 0 fully saturated rings. The third-order valence-corrected chi connectivity index (χ3v) is 2.64. The van der Waals surface area contributed by atoms with Crippen molar-refractivity contribution in [2.75, 3.05) is 7.05 Å². The number of benzene rings is 1. The second-order valence-corrected chi connectivity index (χ2v) is 4.04. The average Bonchev–Trinajstić information content (AvgIpc) is 2.11. The predicted molar refractivity (Wildman–Crippen MR) is 57.7 cm³/mol. The van der Waals surface area contributed by atoms with E-state index in [1.54, 1.807) is 6.07 Å². The summed E-state index contributed by atoms with van der Waals surface area (Å²) in [5, 5.41) is 0. The number of aryl methyl sites for hydroxylation is 1. The highest BCUT2D eigenvalue weighted by Gasteiger charge is 2.09. The Bertz CT molecular complexity index is 287. The summed E-state index contributed by atoms with van der Waals surface area (Å²) in [6, 6.07) is 5.67. The van der Waals surface area contributed by atoms with Gasteiger partial charge in [-0.3, -0.25) is 4.90 Å². The van der Waals surface area contributed by atoms with E-state index in [0.717, 1.165) is 11.1 Å². The van der Waals surface area contributed by atoms with Gasteiger partial charge in [0.05, 0.1) is 0 Å². The molecule has 0 saturated carbocycles. The van der Waals surface area contributed by atoms with Crippen molar-refractivity contribution >= 4 is 0 Å². The van der Waals surface area contributed by atoms with Gasteiger partial charge in [-0.1, -0.05) is 12.1 Å². The van der Waals surface area contributed by atoms with Crippen LogP contribution < -0.4 is 0 Å². The van der Waals surface area contributed by atoms with Gasteiger partial charge in [-0.15, -0.1) is 0 Å². The fourth-order valence-electron chi connectivity index (χ4n) is 1.30. The standard InChI is InChI=1S/C12H18FN/c1-9(2)14(4)8-11-10(3)6-5-7-12(11)13/h5-7,9H,8H2,1-4H3. The Labute approximate surface area is 85.5 Å². The Morgan fingerprint density at radius 1 is 1.36 bits per heavy atom. The zero-order valence-electron chi connectivity index (χ0n) is 9.34. The van der Waals surface area contributed by atoms with E-state index in [1.807, 2.05) is 20.0 Å². The van der Waals surface area contributed by atoms with Crippen LogP contribution in [0, 0.1) is 12.7 Å². The van der Waals surface area contributed by atoms with Crippen LogP contribution in [0.25, 0.3) is 0 Å². The van der Waals surface area contributed by atoms with Crippen molar-refractivity contribution in [3.8, 4) is 0 Å². The quantitative estimate of drug-likeness (QED) is 0.716. The maximum atomic E-state index is 13.4. The van der Waals surface area contributed by atoms with Crippen LogP contribution in [0.5, 0.6) is 0 Å². The Hall–Kier alpha value is -0.890. The van der Waals surface area contributed by atoms with Crippen LogP contribution in [0.3, 0.4) is 0 Å². The highest BCUT2D eigenvalue weighted by Crippen LogP contribution is 2.15. The number of hydrogen-bond donors (Lipinski definition) is 0. The highest BCUT2D eigenvalue weighted by molar-refractivity contribution is 5.27. The summed E-state index contributed by atoms with van der Waals surface area (Å²) in [5.41, 5.74) is 1.83. The molecule has 0 unspecified atom stereocenters. The fourth-order valence-corrected chi connectivity index (χ4v) is 1.30. The van der Waals surface area contributed by atoms with E-state index in [9.17, 15) is 4.39 Å². The molecule has 0 aliphatic carbocycles. The van der Waals surface area contributed by atoms with E-state index in [-0.39, 0.29) is 5.82 Å². The molecular formula is C12H18FN. The minimum absolute atomic E-state index is 0.0995. The predicted octanol–water partition coefficient (Wildman–Crippen LogP) is 2.97. The Morgan fingerprint density at radius 2 is 2.00 bits per heavy atom. The molecule has 0 aliphatic heterocycles. The lowest BCUT2D eigenvalue weighted by Crippen LogP contribution is -2.26. The maximum absolute atomic E-state index is 13.4. The first-order valence-electron chi connectivity index (χ1n) is 4.96. The minimum atomic E-state index is -0.0995. The van der Waals surface area contributed by atoms with Crippen molar-refractivity contribution in [1.29, 1.82) is 0 Å². The van der Waals surface area contributed by atoms with Gasteiger partial charge in [0.25, 0.3) is 0 Å². The van der Waals surface area contributed by atoms with Gasteiger partial charge in [0.1, 0.15) is 5.82 Å². The molecule has 14 heavy (non-hydrogen) atoms. The molecular weight excluding hydrogens is 177 g/mol. The second kappa shape index (κ2) is 4.56. The summed E-state index contributed by atoms with van der Waals surface area (Å²) in [7, 11) is 2.01. The lowest BCUT2D eigenvalue weighted by Gasteiger charge is -2.22. The van der Waals surface area contributed by atoms with Crippen LogP contribution in [0.2, 0.25) is 0 Å². The Kier molecular flexibility index (Phi) is 3.64. The first-order chi connectivity index (χ1) is 6.52. The van der Waals surface area contributed by atoms with E-state index >= 15 is 0 Å². The van der Waals surface area contributed by atoms with Crippen LogP contribution in [0.15, 0.2) is 18.2 Å². The first-order valence-corrected chi connectivity index (χ1v) is 4.96. The Balaban J connectivity index is 2.85. The summed E-state index contributed by atoms with van der Waals surface area (Å²) in [5.74, 6) is -0.0995. The first kappa shape index (κ1) is 11.2. The van der Waals surface area contributed by atoms with Gasteiger partial charge in [-0.05, 0) is 39.4 Å². The molecule has 0 saturated heterocycles. The van der Waals surface area contributed by atoms with E-state index in [2.05, 4.69) is 18.7 Å². The fraction of sp³-hybridized carbons (Fsp3) is 0.500. The van der Waals surface area contributed by atoms with Crippen molar-refractivity contribution in [3.63, 3.8) is 0 Å². The number of halogens is 1. The molecule has 0 N–H and O–H groups in total. The minimum Gasteiger partial charge on any atom is -0.300 e. The normalized spacial score (nSPS) is 11.4. The smallest absolute Gasteiger partial charge is 0.127 e. The van der Waals surface area contributed by atoms with Crippen LogP contribution in [-0.4, -0.2) is 18.0 Å². The van der Waals surface area contributed by atoms with Crippen molar-refractivity contribution in [2.24, 2.45) is 0 Å². The lowest BCUT2D eigenvalue weighted by molar-refractivity contribution is 0.261. The van der Waals surface area contributed by atoms with Gasteiger partial charge in [-0.25, -0.2) is 4.39 Å². The van der Waals surface area contributed by atoms with Gasteiger partial charge in [0, 0.05) is 18.2 Å². The van der Waals surface area contributed by atoms with Crippen LogP contribution in [-0.2, 0) is 6.54 Å². The molecule has 0 bridgehead atoms. The molecule has 0 amide bonds. The molecule has 0 atom stereocenters. The van der Waals surface area contributed by atoms with Gasteiger partial charge in [0.15, 0.2) is 0 Å². The van der Waals surface area contributed by atoms with Gasteiger partial charge in [-0.2, -0.15) is 0 Å². The van der Waals surface area contributed by atoms with Crippen LogP contribution in [0.4, 0.5) is 4.39 Å².